The van der Waals surface area contributed by atoms with Crippen LogP contribution in [0.2, 0.25) is 0 Å². The molecule has 2 N–H and O–H groups in total. The minimum Gasteiger partial charge on any atom is -0.329 e. The standard InChI is InChI=1S/C16H29F3N2/c1-3-14(4-2)9-10-21(12-14)15(11-20)7-5-13(6-8-15)16(17,18)19/h13H,3-12,20H2,1-2H3. The van der Waals surface area contributed by atoms with E-state index in [9.17, 15) is 13.2 Å². The molecule has 0 unspecified atom stereocenters. The number of nitrogens with two attached hydrogens (primary N) is 1. The van der Waals surface area contributed by atoms with Crippen LogP contribution < -0.4 is 5.73 Å². The Balaban J connectivity index is 2.04. The number of hydrogen-bond donors (Lipinski definition) is 1. The molecular formula is C16H29F3N2. The largest absolute Gasteiger partial charge is 0.391 e. The summed E-state index contributed by atoms with van der Waals surface area (Å²) in [5, 5.41) is 0. The van der Waals surface area contributed by atoms with Gasteiger partial charge in [0.1, 0.15) is 0 Å². The molecule has 0 aromatic rings. The van der Waals surface area contributed by atoms with Crippen LogP contribution in [0.1, 0.15) is 58.8 Å². The van der Waals surface area contributed by atoms with Crippen molar-refractivity contribution in [2.45, 2.75) is 70.5 Å². The molecule has 1 aliphatic heterocycles. The van der Waals surface area contributed by atoms with Gasteiger partial charge in [0.25, 0.3) is 0 Å². The number of alkyl halides is 3. The van der Waals surface area contributed by atoms with Gasteiger partial charge in [-0.3, -0.25) is 4.90 Å². The van der Waals surface area contributed by atoms with Crippen molar-refractivity contribution < 1.29 is 13.2 Å². The average molecular weight is 306 g/mol. The van der Waals surface area contributed by atoms with Crippen molar-refractivity contribution >= 4 is 0 Å². The van der Waals surface area contributed by atoms with Gasteiger partial charge >= 0.3 is 6.18 Å². The molecule has 2 rings (SSSR count). The maximum atomic E-state index is 12.9. The first-order valence-electron chi connectivity index (χ1n) is 8.33. The quantitative estimate of drug-likeness (QED) is 0.852. The van der Waals surface area contributed by atoms with Gasteiger partial charge in [0.2, 0.25) is 0 Å². The van der Waals surface area contributed by atoms with Crippen LogP contribution in [0.15, 0.2) is 0 Å². The van der Waals surface area contributed by atoms with Gasteiger partial charge in [-0.15, -0.1) is 0 Å². The van der Waals surface area contributed by atoms with E-state index in [-0.39, 0.29) is 18.4 Å². The van der Waals surface area contributed by atoms with Crippen molar-refractivity contribution in [2.24, 2.45) is 17.1 Å². The van der Waals surface area contributed by atoms with Crippen LogP contribution in [0.25, 0.3) is 0 Å². The lowest BCUT2D eigenvalue weighted by atomic mass is 9.74. The molecule has 124 valence electrons. The first-order valence-corrected chi connectivity index (χ1v) is 8.33. The number of nitrogens with zero attached hydrogens (tertiary/aromatic N) is 1. The molecule has 2 aliphatic rings. The Kier molecular flexibility index (Phi) is 4.94. The molecular weight excluding hydrogens is 277 g/mol. The molecule has 0 amide bonds. The van der Waals surface area contributed by atoms with Gasteiger partial charge in [-0.05, 0) is 56.9 Å². The van der Waals surface area contributed by atoms with E-state index in [0.717, 1.165) is 32.4 Å². The molecule has 2 fully saturated rings. The van der Waals surface area contributed by atoms with Gasteiger partial charge in [0.05, 0.1) is 5.92 Å². The Morgan fingerprint density at radius 3 is 2.05 bits per heavy atom. The number of likely N-dealkylation sites (tertiary alicyclic amines) is 1. The minimum atomic E-state index is -4.04. The molecule has 2 nitrogen and oxygen atoms in total. The molecule has 1 aliphatic carbocycles. The van der Waals surface area contributed by atoms with E-state index < -0.39 is 12.1 Å². The number of hydrogen-bond acceptors (Lipinski definition) is 2. The highest BCUT2D eigenvalue weighted by Crippen LogP contribution is 2.47. The fraction of sp³-hybridized carbons (Fsp3) is 1.00. The van der Waals surface area contributed by atoms with E-state index in [1.807, 2.05) is 0 Å². The Bertz CT molecular complexity index is 342. The van der Waals surface area contributed by atoms with Crippen LogP contribution in [-0.4, -0.2) is 36.2 Å². The molecule has 0 bridgehead atoms. The predicted octanol–water partition coefficient (Wildman–Crippen LogP) is 3.95. The monoisotopic (exact) mass is 306 g/mol. The van der Waals surface area contributed by atoms with Crippen molar-refractivity contribution in [1.82, 2.24) is 4.90 Å². The normalized spacial score (nSPS) is 34.3. The SMILES string of the molecule is CCC1(CC)CCN(C2(CN)CCC(C(F)(F)F)CC2)C1. The molecule has 0 atom stereocenters. The third-order valence-electron chi connectivity index (χ3n) is 6.37. The van der Waals surface area contributed by atoms with E-state index in [1.54, 1.807) is 0 Å². The smallest absolute Gasteiger partial charge is 0.329 e. The van der Waals surface area contributed by atoms with Gasteiger partial charge in [-0.25, -0.2) is 0 Å². The highest BCUT2D eigenvalue weighted by molar-refractivity contribution is 5.02. The third-order valence-corrected chi connectivity index (χ3v) is 6.37. The van der Waals surface area contributed by atoms with Crippen molar-refractivity contribution in [3.05, 3.63) is 0 Å². The van der Waals surface area contributed by atoms with E-state index in [2.05, 4.69) is 18.7 Å². The lowest BCUT2D eigenvalue weighted by Gasteiger charge is -2.47. The minimum absolute atomic E-state index is 0.187. The summed E-state index contributed by atoms with van der Waals surface area (Å²) in [5.41, 5.74) is 6.18. The van der Waals surface area contributed by atoms with Crippen molar-refractivity contribution in [3.63, 3.8) is 0 Å². The zero-order chi connectivity index (χ0) is 15.7. The molecule has 0 aromatic carbocycles. The van der Waals surface area contributed by atoms with Crippen LogP contribution >= 0.6 is 0 Å². The lowest BCUT2D eigenvalue weighted by Crippen LogP contribution is -2.56. The molecule has 21 heavy (non-hydrogen) atoms. The summed E-state index contributed by atoms with van der Waals surface area (Å²) < 4.78 is 38.6. The molecule has 1 saturated heterocycles. The molecule has 1 heterocycles. The fourth-order valence-corrected chi connectivity index (χ4v) is 4.30. The summed E-state index contributed by atoms with van der Waals surface area (Å²) in [6.45, 7) is 6.94. The lowest BCUT2D eigenvalue weighted by molar-refractivity contribution is -0.188. The first kappa shape index (κ1) is 17.1. The summed E-state index contributed by atoms with van der Waals surface area (Å²) in [5.74, 6) is -1.12. The van der Waals surface area contributed by atoms with Crippen LogP contribution in [-0.2, 0) is 0 Å². The number of halogens is 3. The van der Waals surface area contributed by atoms with E-state index in [0.29, 0.717) is 24.8 Å². The summed E-state index contributed by atoms with van der Waals surface area (Å²) in [6.07, 6.45) is 1.07. The van der Waals surface area contributed by atoms with Gasteiger partial charge in [0.15, 0.2) is 0 Å². The van der Waals surface area contributed by atoms with Crippen molar-refractivity contribution in [2.75, 3.05) is 19.6 Å². The molecule has 0 spiro atoms. The summed E-state index contributed by atoms with van der Waals surface area (Å²) >= 11 is 0. The Morgan fingerprint density at radius 1 is 1.10 bits per heavy atom. The Hall–Kier alpha value is -0.290. The van der Waals surface area contributed by atoms with Crippen LogP contribution in [0.3, 0.4) is 0 Å². The molecule has 0 aromatic heterocycles. The summed E-state index contributed by atoms with van der Waals surface area (Å²) in [4.78, 5) is 2.42. The highest BCUT2D eigenvalue weighted by atomic mass is 19.4. The zero-order valence-electron chi connectivity index (χ0n) is 13.3. The second-order valence-electron chi connectivity index (χ2n) is 7.12. The topological polar surface area (TPSA) is 29.3 Å². The van der Waals surface area contributed by atoms with Gasteiger partial charge in [-0.1, -0.05) is 13.8 Å². The number of rotatable bonds is 4. The van der Waals surface area contributed by atoms with Gasteiger partial charge < -0.3 is 5.73 Å². The van der Waals surface area contributed by atoms with Gasteiger partial charge in [-0.2, -0.15) is 13.2 Å². The summed E-state index contributed by atoms with van der Waals surface area (Å²) in [7, 11) is 0. The maximum absolute atomic E-state index is 12.9. The fourth-order valence-electron chi connectivity index (χ4n) is 4.30. The van der Waals surface area contributed by atoms with E-state index in [1.165, 1.54) is 0 Å². The Labute approximate surface area is 126 Å². The second-order valence-corrected chi connectivity index (χ2v) is 7.12. The zero-order valence-corrected chi connectivity index (χ0v) is 13.3. The van der Waals surface area contributed by atoms with Crippen molar-refractivity contribution in [1.29, 1.82) is 0 Å². The Morgan fingerprint density at radius 2 is 1.67 bits per heavy atom. The van der Waals surface area contributed by atoms with Gasteiger partial charge in [0, 0.05) is 18.6 Å². The van der Waals surface area contributed by atoms with Crippen LogP contribution in [0.5, 0.6) is 0 Å². The average Bonchev–Trinajstić information content (AvgIpc) is 2.92. The van der Waals surface area contributed by atoms with Crippen LogP contribution in [0.4, 0.5) is 13.2 Å². The highest BCUT2D eigenvalue weighted by Gasteiger charge is 2.50. The second kappa shape index (κ2) is 6.07. The third kappa shape index (κ3) is 3.24. The van der Waals surface area contributed by atoms with E-state index >= 15 is 0 Å². The molecule has 5 heteroatoms. The molecule has 1 saturated carbocycles. The predicted molar refractivity (Wildman–Crippen MR) is 79.0 cm³/mol. The first-order chi connectivity index (χ1) is 9.81. The van der Waals surface area contributed by atoms with Crippen molar-refractivity contribution in [3.8, 4) is 0 Å². The van der Waals surface area contributed by atoms with E-state index in [4.69, 9.17) is 5.73 Å². The van der Waals surface area contributed by atoms with Crippen LogP contribution in [0, 0.1) is 11.3 Å². The maximum Gasteiger partial charge on any atom is 0.391 e. The summed E-state index contributed by atoms with van der Waals surface area (Å²) in [6, 6.07) is 0. The molecule has 0 radical (unpaired) electrons.